The Morgan fingerprint density at radius 3 is 1.82 bits per heavy atom. The molecule has 2 aromatic heterocycles. The number of nitrogens with zero attached hydrogens (tertiary/aromatic N) is 4. The van der Waals surface area contributed by atoms with Crippen LogP contribution in [0.5, 0.6) is 0 Å². The number of amides is 4. The molecular formula is C42H48N8O6. The van der Waals surface area contributed by atoms with Crippen LogP contribution in [-0.2, 0) is 19.1 Å². The van der Waals surface area contributed by atoms with Crippen LogP contribution in [0.4, 0.5) is 9.59 Å². The minimum atomic E-state index is -0.688. The summed E-state index contributed by atoms with van der Waals surface area (Å²) >= 11 is 0. The van der Waals surface area contributed by atoms with Gasteiger partial charge >= 0.3 is 12.2 Å². The van der Waals surface area contributed by atoms with Crippen LogP contribution in [0.1, 0.15) is 88.4 Å². The van der Waals surface area contributed by atoms with E-state index in [-0.39, 0.29) is 47.8 Å². The molecule has 0 unspecified atom stereocenters. The third-order valence-corrected chi connectivity index (χ3v) is 11.8. The lowest BCUT2D eigenvalue weighted by Gasteiger charge is -2.31. The van der Waals surface area contributed by atoms with Gasteiger partial charge in [0.1, 0.15) is 29.4 Å². The van der Waals surface area contributed by atoms with E-state index in [0.717, 1.165) is 59.1 Å². The molecule has 2 aliphatic carbocycles. The fourth-order valence-corrected chi connectivity index (χ4v) is 8.61. The first-order valence-electron chi connectivity index (χ1n) is 19.4. The number of imidazole rings is 2. The van der Waals surface area contributed by atoms with Gasteiger partial charge in [-0.25, -0.2) is 19.6 Å². The molecule has 2 saturated heterocycles. The summed E-state index contributed by atoms with van der Waals surface area (Å²) in [4.78, 5) is 71.6. The third kappa shape index (κ3) is 7.06. The molecule has 2 saturated carbocycles. The first kappa shape index (κ1) is 37.1. The van der Waals surface area contributed by atoms with E-state index < -0.39 is 24.3 Å². The quantitative estimate of drug-likeness (QED) is 0.163. The van der Waals surface area contributed by atoms with E-state index in [9.17, 15) is 19.2 Å². The number of aromatic amines is 2. The van der Waals surface area contributed by atoms with Gasteiger partial charge in [-0.05, 0) is 84.2 Å². The Balaban J connectivity index is 0.951. The Morgan fingerprint density at radius 2 is 1.25 bits per heavy atom. The van der Waals surface area contributed by atoms with Crippen molar-refractivity contribution in [1.29, 1.82) is 0 Å². The Labute approximate surface area is 325 Å². The van der Waals surface area contributed by atoms with Gasteiger partial charge in [-0.15, -0.1) is 0 Å². The summed E-state index contributed by atoms with van der Waals surface area (Å²) in [6.07, 6.45) is 5.88. The highest BCUT2D eigenvalue weighted by atomic mass is 16.5. The minimum absolute atomic E-state index is 0.102. The number of H-pyrrole nitrogens is 2. The molecule has 8 atom stereocenters. The Kier molecular flexibility index (Phi) is 9.72. The van der Waals surface area contributed by atoms with Gasteiger partial charge in [0.05, 0.1) is 44.4 Å². The first-order valence-corrected chi connectivity index (χ1v) is 19.4. The van der Waals surface area contributed by atoms with E-state index >= 15 is 0 Å². The molecule has 4 aliphatic rings. The molecule has 292 valence electrons. The van der Waals surface area contributed by atoms with Crippen LogP contribution in [0.25, 0.3) is 22.0 Å². The third-order valence-electron chi connectivity index (χ3n) is 11.8. The molecule has 2 aliphatic heterocycles. The summed E-state index contributed by atoms with van der Waals surface area (Å²) in [5.74, 6) is 8.35. The highest BCUT2D eigenvalue weighted by Crippen LogP contribution is 2.54. The number of likely N-dealkylation sites (tertiary alicyclic amines) is 2. The second kappa shape index (κ2) is 14.7. The first-order chi connectivity index (χ1) is 26.9. The highest BCUT2D eigenvalue weighted by molar-refractivity contribution is 5.89. The topological polar surface area (TPSA) is 175 Å². The van der Waals surface area contributed by atoms with Crippen LogP contribution in [0.3, 0.4) is 0 Å². The van der Waals surface area contributed by atoms with E-state index in [1.54, 1.807) is 6.20 Å². The van der Waals surface area contributed by atoms with Gasteiger partial charge in [0.15, 0.2) is 0 Å². The number of alkyl carbamates (subject to hydrolysis) is 2. The fourth-order valence-electron chi connectivity index (χ4n) is 8.61. The Hall–Kier alpha value is -5.84. The number of fused-ring (bicyclic) bond motifs is 3. The van der Waals surface area contributed by atoms with E-state index in [2.05, 4.69) is 55.6 Å². The van der Waals surface area contributed by atoms with Crippen LogP contribution in [0.2, 0.25) is 0 Å². The molecule has 14 nitrogen and oxygen atoms in total. The maximum Gasteiger partial charge on any atom is 0.407 e. The number of rotatable bonds is 9. The minimum Gasteiger partial charge on any atom is -0.453 e. The van der Waals surface area contributed by atoms with E-state index in [1.165, 1.54) is 14.2 Å². The lowest BCUT2D eigenvalue weighted by Crippen LogP contribution is -2.52. The largest absolute Gasteiger partial charge is 0.453 e. The summed E-state index contributed by atoms with van der Waals surface area (Å²) in [6.45, 7) is 7.65. The van der Waals surface area contributed by atoms with Gasteiger partial charge in [0.25, 0.3) is 0 Å². The van der Waals surface area contributed by atoms with Crippen molar-refractivity contribution in [3.05, 3.63) is 71.7 Å². The van der Waals surface area contributed by atoms with Gasteiger partial charge in [-0.3, -0.25) is 9.59 Å². The fraction of sp³-hybridized carbons (Fsp3) is 0.476. The Morgan fingerprint density at radius 1 is 0.714 bits per heavy atom. The second-order valence-electron chi connectivity index (χ2n) is 16.2. The van der Waals surface area contributed by atoms with Crippen molar-refractivity contribution >= 4 is 34.8 Å². The number of piperidine rings is 2. The van der Waals surface area contributed by atoms with Crippen molar-refractivity contribution in [2.24, 2.45) is 23.7 Å². The molecule has 0 radical (unpaired) electrons. The molecule has 56 heavy (non-hydrogen) atoms. The van der Waals surface area contributed by atoms with Gasteiger partial charge in [-0.1, -0.05) is 51.8 Å². The summed E-state index contributed by atoms with van der Waals surface area (Å²) in [7, 11) is 2.59. The van der Waals surface area contributed by atoms with Crippen molar-refractivity contribution in [3.63, 3.8) is 0 Å². The number of benzene rings is 2. The molecule has 4 heterocycles. The molecule has 4 amide bonds. The van der Waals surface area contributed by atoms with Gasteiger partial charge in [0.2, 0.25) is 11.8 Å². The molecular weight excluding hydrogens is 713 g/mol. The average molecular weight is 761 g/mol. The number of carbonyl (C=O) groups excluding carboxylic acids is 4. The zero-order chi connectivity index (χ0) is 39.4. The lowest BCUT2D eigenvalue weighted by atomic mass is 10.0. The van der Waals surface area contributed by atoms with E-state index in [1.807, 2.05) is 61.9 Å². The number of ether oxygens (including phenoxy) is 2. The highest BCUT2D eigenvalue weighted by Gasteiger charge is 2.57. The molecule has 2 aromatic carbocycles. The SMILES string of the molecule is COC(=O)N[C@H](C(=O)N1[C@@H]2C[C@@H]2C[C@H]1c1ncc(C#Cc2ccc3cc(-c4cnc([C@@H]5C[C@H]6C[C@H]6N5C(=O)[C@H](NC(=O)OC)C(C)C)[nH]4)ccc3c2)[nH]1)C(C)C. The molecule has 4 aromatic rings. The number of aromatic nitrogens is 4. The second-order valence-corrected chi connectivity index (χ2v) is 16.2. The van der Waals surface area contributed by atoms with Crippen LogP contribution in [0, 0.1) is 35.5 Å². The summed E-state index contributed by atoms with van der Waals surface area (Å²) in [6, 6.07) is 10.9. The summed E-state index contributed by atoms with van der Waals surface area (Å²) < 4.78 is 9.57. The van der Waals surface area contributed by atoms with Crippen LogP contribution in [-0.4, -0.2) is 92.1 Å². The Bertz CT molecular complexity index is 2250. The van der Waals surface area contributed by atoms with E-state index in [0.29, 0.717) is 23.4 Å². The standard InChI is InChI=1S/C42H48N8O6/c1-21(2)35(47-41(53)55-5)39(51)49-31-15-27(31)17-33(49)37-43-19-29(45-37)12-8-23-7-9-25-14-26(11-10-24(25)13-23)30-20-44-38(46-30)34-18-28-16-32(28)50(34)40(52)36(22(3)4)48-42(54)56-6/h7,9-11,13-14,19-22,27-28,31-36H,15-18H2,1-6H3,(H,43,45)(H,44,46)(H,47,53)(H,48,54)/t27-,28-,31-,32-,33+,34+,35+,36-/m1/s1. The predicted octanol–water partition coefficient (Wildman–Crippen LogP) is 5.44. The summed E-state index contributed by atoms with van der Waals surface area (Å²) in [5.41, 5.74) is 3.35. The van der Waals surface area contributed by atoms with Crippen molar-refractivity contribution in [1.82, 2.24) is 40.4 Å². The number of hydrogen-bond donors (Lipinski definition) is 4. The predicted molar refractivity (Wildman–Crippen MR) is 207 cm³/mol. The van der Waals surface area contributed by atoms with Gasteiger partial charge in [0, 0.05) is 23.2 Å². The van der Waals surface area contributed by atoms with Crippen LogP contribution >= 0.6 is 0 Å². The van der Waals surface area contributed by atoms with Gasteiger partial charge in [-0.2, -0.15) is 0 Å². The molecule has 0 spiro atoms. The van der Waals surface area contributed by atoms with Crippen molar-refractivity contribution in [3.8, 4) is 23.1 Å². The zero-order valence-electron chi connectivity index (χ0n) is 32.5. The normalized spacial score (nSPS) is 24.2. The average Bonchev–Trinajstić information content (AvgIpc) is 3.79. The summed E-state index contributed by atoms with van der Waals surface area (Å²) in [5, 5.41) is 7.53. The maximum absolute atomic E-state index is 13.8. The van der Waals surface area contributed by atoms with Crippen molar-refractivity contribution < 1.29 is 28.7 Å². The molecule has 4 N–H and O–H groups in total. The van der Waals surface area contributed by atoms with Crippen molar-refractivity contribution in [2.45, 2.75) is 89.6 Å². The lowest BCUT2D eigenvalue weighted by molar-refractivity contribution is -0.137. The maximum atomic E-state index is 13.8. The smallest absolute Gasteiger partial charge is 0.407 e. The molecule has 8 rings (SSSR count). The number of nitrogens with one attached hydrogen (secondary N) is 4. The number of methoxy groups -OCH3 is 2. The van der Waals surface area contributed by atoms with Crippen molar-refractivity contribution in [2.75, 3.05) is 14.2 Å². The zero-order valence-corrected chi connectivity index (χ0v) is 32.5. The van der Waals surface area contributed by atoms with E-state index in [4.69, 9.17) is 14.5 Å². The molecule has 4 fully saturated rings. The number of hydrogen-bond acceptors (Lipinski definition) is 8. The van der Waals surface area contributed by atoms with Gasteiger partial charge < -0.3 is 39.9 Å². The monoisotopic (exact) mass is 760 g/mol. The molecule has 14 heteroatoms. The number of carbonyl (C=O) groups is 4. The molecule has 0 bridgehead atoms. The van der Waals surface area contributed by atoms with Crippen LogP contribution in [0.15, 0.2) is 48.8 Å². The van der Waals surface area contributed by atoms with Crippen LogP contribution < -0.4 is 10.6 Å².